The number of aryl methyl sites for hydroxylation is 1. The van der Waals surface area contributed by atoms with Gasteiger partial charge < -0.3 is 10.1 Å². The van der Waals surface area contributed by atoms with E-state index in [2.05, 4.69) is 5.32 Å². The molecule has 19 heavy (non-hydrogen) atoms. The minimum Gasteiger partial charge on any atom is -0.363 e. The van der Waals surface area contributed by atoms with Gasteiger partial charge in [-0.3, -0.25) is 0 Å². The molecule has 0 aromatic heterocycles. The highest BCUT2D eigenvalue weighted by atomic mass is 19.4. The van der Waals surface area contributed by atoms with Gasteiger partial charge in [-0.25, -0.2) is 0 Å². The molecule has 0 fully saturated rings. The Morgan fingerprint density at radius 2 is 1.95 bits per heavy atom. The van der Waals surface area contributed by atoms with Gasteiger partial charge in [-0.05, 0) is 12.5 Å². The summed E-state index contributed by atoms with van der Waals surface area (Å²) in [4.78, 5) is 0. The molecule has 5 heteroatoms. The van der Waals surface area contributed by atoms with Crippen molar-refractivity contribution in [3.63, 3.8) is 0 Å². The predicted molar refractivity (Wildman–Crippen MR) is 69.1 cm³/mol. The van der Waals surface area contributed by atoms with Gasteiger partial charge in [0.1, 0.15) is 6.61 Å². The predicted octanol–water partition coefficient (Wildman–Crippen LogP) is 3.61. The van der Waals surface area contributed by atoms with Crippen molar-refractivity contribution in [2.75, 3.05) is 13.2 Å². The van der Waals surface area contributed by atoms with E-state index in [9.17, 15) is 13.2 Å². The molecule has 108 valence electrons. The summed E-state index contributed by atoms with van der Waals surface area (Å²) in [5, 5.41) is 3.11. The summed E-state index contributed by atoms with van der Waals surface area (Å²) in [6, 6.07) is 7.56. The zero-order chi connectivity index (χ0) is 14.5. The first-order chi connectivity index (χ1) is 8.78. The average Bonchev–Trinajstić information content (AvgIpc) is 2.27. The molecule has 0 amide bonds. The number of hydrogen-bond donors (Lipinski definition) is 1. The van der Waals surface area contributed by atoms with Gasteiger partial charge in [-0.2, -0.15) is 13.2 Å². The number of halogens is 3. The van der Waals surface area contributed by atoms with E-state index in [1.165, 1.54) is 0 Å². The van der Waals surface area contributed by atoms with E-state index >= 15 is 0 Å². The number of hydrogen-bond acceptors (Lipinski definition) is 2. The molecular weight excluding hydrogens is 255 g/mol. The van der Waals surface area contributed by atoms with Gasteiger partial charge in [0.15, 0.2) is 0 Å². The summed E-state index contributed by atoms with van der Waals surface area (Å²) in [5.41, 5.74) is 1.76. The van der Waals surface area contributed by atoms with Crippen molar-refractivity contribution in [2.45, 2.75) is 39.1 Å². The largest absolute Gasteiger partial charge is 0.411 e. The van der Waals surface area contributed by atoms with Gasteiger partial charge in [0.2, 0.25) is 0 Å². The molecule has 0 spiro atoms. The summed E-state index contributed by atoms with van der Waals surface area (Å²) in [7, 11) is 0. The third kappa shape index (κ3) is 6.59. The fourth-order valence-electron chi connectivity index (χ4n) is 1.68. The van der Waals surface area contributed by atoms with E-state index in [1.54, 1.807) is 6.07 Å². The number of rotatable bonds is 6. The normalized spacial score (nSPS) is 13.8. The third-order valence-corrected chi connectivity index (χ3v) is 2.57. The maximum Gasteiger partial charge on any atom is 0.411 e. The topological polar surface area (TPSA) is 21.3 Å². The first-order valence-electron chi connectivity index (χ1n) is 6.26. The van der Waals surface area contributed by atoms with Crippen LogP contribution in [0.1, 0.15) is 31.1 Å². The van der Waals surface area contributed by atoms with Crippen LogP contribution in [0.2, 0.25) is 0 Å². The van der Waals surface area contributed by atoms with Crippen molar-refractivity contribution in [3.8, 4) is 0 Å². The molecule has 1 unspecified atom stereocenters. The van der Waals surface area contributed by atoms with E-state index in [1.807, 2.05) is 39.0 Å². The zero-order valence-corrected chi connectivity index (χ0v) is 11.4. The highest BCUT2D eigenvalue weighted by Gasteiger charge is 2.29. The molecule has 1 aromatic rings. The lowest BCUT2D eigenvalue weighted by molar-refractivity contribution is -0.185. The maximum atomic E-state index is 12.3. The summed E-state index contributed by atoms with van der Waals surface area (Å²) >= 11 is 0. The summed E-state index contributed by atoms with van der Waals surface area (Å²) in [5.74, 6) is 0. The Bertz CT molecular complexity index is 391. The molecule has 0 aliphatic rings. The molecule has 0 aliphatic carbocycles. The van der Waals surface area contributed by atoms with Crippen LogP contribution >= 0.6 is 0 Å². The van der Waals surface area contributed by atoms with Gasteiger partial charge in [-0.15, -0.1) is 0 Å². The number of ether oxygens (including phenoxy) is 1. The molecule has 0 saturated carbocycles. The SMILES string of the molecule is Cc1cccc(C(CNC(C)C)OCC(F)(F)F)c1. The van der Waals surface area contributed by atoms with E-state index in [4.69, 9.17) is 4.74 Å². The summed E-state index contributed by atoms with van der Waals surface area (Å²) < 4.78 is 41.8. The van der Waals surface area contributed by atoms with Crippen molar-refractivity contribution >= 4 is 0 Å². The van der Waals surface area contributed by atoms with Gasteiger partial charge >= 0.3 is 6.18 Å². The second kappa shape index (κ2) is 6.91. The van der Waals surface area contributed by atoms with Crippen LogP contribution in [0.5, 0.6) is 0 Å². The molecule has 0 radical (unpaired) electrons. The van der Waals surface area contributed by atoms with Crippen LogP contribution in [0.3, 0.4) is 0 Å². The summed E-state index contributed by atoms with van der Waals surface area (Å²) in [6.45, 7) is 4.91. The second-order valence-corrected chi connectivity index (χ2v) is 4.89. The van der Waals surface area contributed by atoms with Crippen molar-refractivity contribution in [3.05, 3.63) is 35.4 Å². The third-order valence-electron chi connectivity index (χ3n) is 2.57. The smallest absolute Gasteiger partial charge is 0.363 e. The van der Waals surface area contributed by atoms with E-state index in [-0.39, 0.29) is 6.04 Å². The molecule has 1 N–H and O–H groups in total. The molecule has 1 aromatic carbocycles. The molecule has 1 rings (SSSR count). The average molecular weight is 275 g/mol. The molecule has 0 bridgehead atoms. The fraction of sp³-hybridized carbons (Fsp3) is 0.571. The molecular formula is C14H20F3NO. The Balaban J connectivity index is 2.73. The number of alkyl halides is 3. The Morgan fingerprint density at radius 1 is 1.26 bits per heavy atom. The molecule has 0 heterocycles. The maximum absolute atomic E-state index is 12.3. The van der Waals surface area contributed by atoms with E-state index in [0.29, 0.717) is 6.54 Å². The van der Waals surface area contributed by atoms with E-state index < -0.39 is 18.9 Å². The Labute approximate surface area is 112 Å². The van der Waals surface area contributed by atoms with Gasteiger partial charge in [-0.1, -0.05) is 43.7 Å². The lowest BCUT2D eigenvalue weighted by Crippen LogP contribution is -2.31. The van der Waals surface area contributed by atoms with Gasteiger partial charge in [0.25, 0.3) is 0 Å². The minimum atomic E-state index is -4.31. The van der Waals surface area contributed by atoms with Crippen LogP contribution in [0.25, 0.3) is 0 Å². The van der Waals surface area contributed by atoms with Gasteiger partial charge in [0, 0.05) is 12.6 Å². The monoisotopic (exact) mass is 275 g/mol. The quantitative estimate of drug-likeness (QED) is 0.856. The highest BCUT2D eigenvalue weighted by molar-refractivity contribution is 5.24. The van der Waals surface area contributed by atoms with Crippen LogP contribution in [0.15, 0.2) is 24.3 Å². The molecule has 0 saturated heterocycles. The van der Waals surface area contributed by atoms with Crippen LogP contribution in [-0.2, 0) is 4.74 Å². The van der Waals surface area contributed by atoms with E-state index in [0.717, 1.165) is 11.1 Å². The lowest BCUT2D eigenvalue weighted by atomic mass is 10.1. The van der Waals surface area contributed by atoms with Crippen LogP contribution in [-0.4, -0.2) is 25.4 Å². The number of benzene rings is 1. The highest BCUT2D eigenvalue weighted by Crippen LogP contribution is 2.23. The molecule has 1 atom stereocenters. The standard InChI is InChI=1S/C14H20F3NO/c1-10(2)18-8-13(19-9-14(15,16)17)12-6-4-5-11(3)7-12/h4-7,10,13,18H,8-9H2,1-3H3. The lowest BCUT2D eigenvalue weighted by Gasteiger charge is -2.21. The fourth-order valence-corrected chi connectivity index (χ4v) is 1.68. The Hall–Kier alpha value is -1.07. The second-order valence-electron chi connectivity index (χ2n) is 4.89. The van der Waals surface area contributed by atoms with Crippen LogP contribution in [0.4, 0.5) is 13.2 Å². The molecule has 0 aliphatic heterocycles. The zero-order valence-electron chi connectivity index (χ0n) is 11.4. The first kappa shape index (κ1) is 16.0. The number of nitrogens with one attached hydrogen (secondary N) is 1. The van der Waals surface area contributed by atoms with Gasteiger partial charge in [0.05, 0.1) is 6.10 Å². The van der Waals surface area contributed by atoms with Crippen molar-refractivity contribution in [2.24, 2.45) is 0 Å². The van der Waals surface area contributed by atoms with Crippen molar-refractivity contribution < 1.29 is 17.9 Å². The van der Waals surface area contributed by atoms with Crippen molar-refractivity contribution in [1.82, 2.24) is 5.32 Å². The Morgan fingerprint density at radius 3 is 2.47 bits per heavy atom. The minimum absolute atomic E-state index is 0.196. The van der Waals surface area contributed by atoms with Crippen molar-refractivity contribution in [1.29, 1.82) is 0 Å². The first-order valence-corrected chi connectivity index (χ1v) is 6.26. The molecule has 2 nitrogen and oxygen atoms in total. The van der Waals surface area contributed by atoms with Crippen LogP contribution in [0, 0.1) is 6.92 Å². The Kier molecular flexibility index (Phi) is 5.82. The van der Waals surface area contributed by atoms with Crippen LogP contribution < -0.4 is 5.32 Å². The summed E-state index contributed by atoms with van der Waals surface area (Å²) in [6.07, 6.45) is -4.90.